The summed E-state index contributed by atoms with van der Waals surface area (Å²) in [5.41, 5.74) is 0.676. The highest BCUT2D eigenvalue weighted by molar-refractivity contribution is 5.67. The van der Waals surface area contributed by atoms with E-state index < -0.39 is 6.09 Å². The van der Waals surface area contributed by atoms with Gasteiger partial charge >= 0.3 is 6.09 Å². The molecule has 0 aromatic carbocycles. The fourth-order valence-electron chi connectivity index (χ4n) is 0.944. The lowest BCUT2D eigenvalue weighted by Gasteiger charge is -2.10. The number of nitrogens with one attached hydrogen (secondary N) is 1. The molecule has 0 aliphatic heterocycles. The summed E-state index contributed by atoms with van der Waals surface area (Å²) in [5, 5.41) is 10.6. The van der Waals surface area contributed by atoms with Gasteiger partial charge in [-0.3, -0.25) is 5.32 Å². The smallest absolute Gasteiger partial charge is 0.409 e. The molecule has 0 radical (unpaired) electrons. The van der Waals surface area contributed by atoms with Crippen LogP contribution in [0.2, 0.25) is 0 Å². The van der Waals surface area contributed by atoms with E-state index in [1.807, 2.05) is 12.2 Å². The van der Waals surface area contributed by atoms with E-state index in [2.05, 4.69) is 12.2 Å². The Morgan fingerprint density at radius 3 is 3.00 bits per heavy atom. The molecule has 0 aromatic heterocycles. The van der Waals surface area contributed by atoms with Gasteiger partial charge in [-0.15, -0.1) is 0 Å². The molecule has 0 aromatic rings. The van der Waals surface area contributed by atoms with Crippen molar-refractivity contribution in [1.29, 1.82) is 0 Å². The van der Waals surface area contributed by atoms with Gasteiger partial charge < -0.3 is 5.11 Å². The first-order chi connectivity index (χ1) is 5.18. The molecule has 3 heteroatoms. The van der Waals surface area contributed by atoms with Crippen molar-refractivity contribution >= 4 is 6.09 Å². The summed E-state index contributed by atoms with van der Waals surface area (Å²) in [6, 6.07) is 0. The predicted octanol–water partition coefficient (Wildman–Crippen LogP) is 1.73. The van der Waals surface area contributed by atoms with Crippen LogP contribution in [0.1, 0.15) is 13.3 Å². The summed E-state index contributed by atoms with van der Waals surface area (Å²) in [7, 11) is 0. The van der Waals surface area contributed by atoms with Gasteiger partial charge in [0, 0.05) is 5.70 Å². The Balaban J connectivity index is 2.50. The lowest BCUT2D eigenvalue weighted by molar-refractivity contribution is 0.198. The molecule has 3 nitrogen and oxygen atoms in total. The average Bonchev–Trinajstić information content (AvgIpc) is 1.93. The number of hydrogen-bond donors (Lipinski definition) is 2. The van der Waals surface area contributed by atoms with Crippen molar-refractivity contribution in [2.24, 2.45) is 5.92 Å². The van der Waals surface area contributed by atoms with E-state index in [0.717, 1.165) is 6.42 Å². The molecule has 2 N–H and O–H groups in total. The van der Waals surface area contributed by atoms with E-state index in [9.17, 15) is 4.79 Å². The first-order valence-corrected chi connectivity index (χ1v) is 3.57. The molecule has 1 unspecified atom stereocenters. The van der Waals surface area contributed by atoms with Crippen LogP contribution in [-0.4, -0.2) is 11.2 Å². The summed E-state index contributed by atoms with van der Waals surface area (Å²) >= 11 is 0. The minimum atomic E-state index is -1.00. The van der Waals surface area contributed by atoms with E-state index in [0.29, 0.717) is 11.6 Å². The van der Waals surface area contributed by atoms with Crippen molar-refractivity contribution in [2.75, 3.05) is 0 Å². The third-order valence-corrected chi connectivity index (χ3v) is 1.57. The van der Waals surface area contributed by atoms with Gasteiger partial charge in [0.15, 0.2) is 0 Å². The minimum Gasteiger partial charge on any atom is -0.465 e. The van der Waals surface area contributed by atoms with Crippen molar-refractivity contribution in [3.05, 3.63) is 23.9 Å². The Labute approximate surface area is 65.4 Å². The van der Waals surface area contributed by atoms with Crippen LogP contribution in [0.4, 0.5) is 4.79 Å². The van der Waals surface area contributed by atoms with Gasteiger partial charge in [-0.05, 0) is 18.4 Å². The summed E-state index contributed by atoms with van der Waals surface area (Å²) in [5.74, 6) is 0.523. The number of carboxylic acid groups (broad SMARTS) is 1. The highest BCUT2D eigenvalue weighted by Gasteiger charge is 2.04. The molecule has 0 saturated carbocycles. The van der Waals surface area contributed by atoms with Crippen LogP contribution in [0.15, 0.2) is 23.9 Å². The quantitative estimate of drug-likeness (QED) is 0.602. The first kappa shape index (κ1) is 7.85. The van der Waals surface area contributed by atoms with Crippen molar-refractivity contribution in [3.63, 3.8) is 0 Å². The van der Waals surface area contributed by atoms with Crippen LogP contribution < -0.4 is 5.32 Å². The van der Waals surface area contributed by atoms with Crippen LogP contribution in [0.25, 0.3) is 0 Å². The Morgan fingerprint density at radius 2 is 2.55 bits per heavy atom. The normalized spacial score (nSPS) is 22.6. The van der Waals surface area contributed by atoms with E-state index in [1.54, 1.807) is 6.08 Å². The van der Waals surface area contributed by atoms with E-state index >= 15 is 0 Å². The molecule has 60 valence electrons. The molecule has 0 saturated heterocycles. The van der Waals surface area contributed by atoms with Crippen LogP contribution in [0.3, 0.4) is 0 Å². The van der Waals surface area contributed by atoms with Crippen molar-refractivity contribution in [1.82, 2.24) is 5.32 Å². The monoisotopic (exact) mass is 153 g/mol. The fourth-order valence-corrected chi connectivity index (χ4v) is 0.944. The van der Waals surface area contributed by atoms with Gasteiger partial charge in [-0.1, -0.05) is 19.1 Å². The molecule has 0 heterocycles. The Bertz CT molecular complexity index is 218. The molecule has 11 heavy (non-hydrogen) atoms. The second kappa shape index (κ2) is 3.23. The zero-order valence-corrected chi connectivity index (χ0v) is 6.37. The molecule has 1 amide bonds. The maximum Gasteiger partial charge on any atom is 0.409 e. The van der Waals surface area contributed by atoms with Crippen molar-refractivity contribution in [2.45, 2.75) is 13.3 Å². The number of hydrogen-bond acceptors (Lipinski definition) is 1. The third-order valence-electron chi connectivity index (χ3n) is 1.57. The van der Waals surface area contributed by atoms with E-state index in [-0.39, 0.29) is 0 Å². The Kier molecular flexibility index (Phi) is 2.31. The van der Waals surface area contributed by atoms with Gasteiger partial charge in [0.05, 0.1) is 0 Å². The molecule has 0 fully saturated rings. The topological polar surface area (TPSA) is 49.3 Å². The zero-order valence-electron chi connectivity index (χ0n) is 6.37. The fraction of sp³-hybridized carbons (Fsp3) is 0.375. The Morgan fingerprint density at radius 1 is 1.82 bits per heavy atom. The molecule has 0 spiro atoms. The van der Waals surface area contributed by atoms with Gasteiger partial charge in [0.2, 0.25) is 0 Å². The summed E-state index contributed by atoms with van der Waals surface area (Å²) < 4.78 is 0. The molecule has 1 aliphatic carbocycles. The number of amides is 1. The molecular formula is C8H11NO2. The van der Waals surface area contributed by atoms with Crippen molar-refractivity contribution < 1.29 is 9.90 Å². The summed E-state index contributed by atoms with van der Waals surface area (Å²) in [4.78, 5) is 10.2. The predicted molar refractivity (Wildman–Crippen MR) is 42.2 cm³/mol. The van der Waals surface area contributed by atoms with Crippen molar-refractivity contribution in [3.8, 4) is 0 Å². The second-order valence-corrected chi connectivity index (χ2v) is 2.66. The van der Waals surface area contributed by atoms with Crippen LogP contribution in [0.5, 0.6) is 0 Å². The number of carbonyl (C=O) groups is 1. The Hall–Kier alpha value is -1.25. The average molecular weight is 153 g/mol. The van der Waals surface area contributed by atoms with Gasteiger partial charge in [-0.25, -0.2) is 4.79 Å². The van der Waals surface area contributed by atoms with E-state index in [4.69, 9.17) is 5.11 Å². The SMILES string of the molecule is CC1C=CC(NC(=O)O)=CC1. The van der Waals surface area contributed by atoms with Crippen LogP contribution in [0, 0.1) is 5.92 Å². The highest BCUT2D eigenvalue weighted by atomic mass is 16.4. The zero-order chi connectivity index (χ0) is 8.27. The number of rotatable bonds is 1. The largest absolute Gasteiger partial charge is 0.465 e. The maximum atomic E-state index is 10.2. The second-order valence-electron chi connectivity index (χ2n) is 2.66. The van der Waals surface area contributed by atoms with Crippen LogP contribution in [-0.2, 0) is 0 Å². The molecular weight excluding hydrogens is 142 g/mol. The maximum absolute atomic E-state index is 10.2. The first-order valence-electron chi connectivity index (χ1n) is 3.57. The molecule has 1 rings (SSSR count). The third kappa shape index (κ3) is 2.45. The minimum absolute atomic E-state index is 0.523. The standard InChI is InChI=1S/C8H11NO2/c1-6-2-4-7(5-3-6)9-8(10)11/h2,4-6,9H,3H2,1H3,(H,10,11). The lowest BCUT2D eigenvalue weighted by atomic mass is 10.0. The van der Waals surface area contributed by atoms with Gasteiger partial charge in [0.1, 0.15) is 0 Å². The molecule has 1 atom stereocenters. The summed E-state index contributed by atoms with van der Waals surface area (Å²) in [6.07, 6.45) is 5.58. The van der Waals surface area contributed by atoms with E-state index in [1.165, 1.54) is 0 Å². The molecule has 1 aliphatic rings. The lowest BCUT2D eigenvalue weighted by Crippen LogP contribution is -2.20. The van der Waals surface area contributed by atoms with Crippen LogP contribution >= 0.6 is 0 Å². The van der Waals surface area contributed by atoms with Gasteiger partial charge in [0.25, 0.3) is 0 Å². The highest BCUT2D eigenvalue weighted by Crippen LogP contribution is 2.13. The number of allylic oxidation sites excluding steroid dienone is 3. The van der Waals surface area contributed by atoms with Gasteiger partial charge in [-0.2, -0.15) is 0 Å². The summed E-state index contributed by atoms with van der Waals surface area (Å²) in [6.45, 7) is 2.09. The molecule has 0 bridgehead atoms.